The minimum Gasteiger partial charge on any atom is -0.481 e. The van der Waals surface area contributed by atoms with Gasteiger partial charge in [0.1, 0.15) is 0 Å². The van der Waals surface area contributed by atoms with E-state index in [4.69, 9.17) is 5.11 Å². The molecule has 6 nitrogen and oxygen atoms in total. The molecule has 2 amide bonds. The third-order valence-corrected chi connectivity index (χ3v) is 3.51. The number of nitrogens with one attached hydrogen (secondary N) is 2. The highest BCUT2D eigenvalue weighted by Gasteiger charge is 2.50. The molecule has 17 heavy (non-hydrogen) atoms. The van der Waals surface area contributed by atoms with E-state index in [1.807, 2.05) is 5.01 Å². The van der Waals surface area contributed by atoms with Crippen LogP contribution in [-0.4, -0.2) is 41.8 Å². The van der Waals surface area contributed by atoms with Gasteiger partial charge in [-0.15, -0.1) is 0 Å². The van der Waals surface area contributed by atoms with E-state index in [0.717, 1.165) is 25.9 Å². The summed E-state index contributed by atoms with van der Waals surface area (Å²) in [6.45, 7) is 1.97. The molecule has 0 aromatic carbocycles. The van der Waals surface area contributed by atoms with Crippen LogP contribution in [0.25, 0.3) is 0 Å². The van der Waals surface area contributed by atoms with Crippen LogP contribution in [0.5, 0.6) is 0 Å². The summed E-state index contributed by atoms with van der Waals surface area (Å²) in [5, 5.41) is 13.5. The number of piperidine rings is 1. The van der Waals surface area contributed by atoms with Crippen molar-refractivity contribution in [2.75, 3.05) is 19.6 Å². The molecule has 1 saturated heterocycles. The Morgan fingerprint density at radius 1 is 1.18 bits per heavy atom. The van der Waals surface area contributed by atoms with Gasteiger partial charge < -0.3 is 10.4 Å². The molecule has 0 atom stereocenters. The van der Waals surface area contributed by atoms with Crippen molar-refractivity contribution >= 4 is 12.0 Å². The number of amides is 2. The number of aliphatic carboxylic acids is 1. The third-order valence-electron chi connectivity index (χ3n) is 3.51. The molecule has 1 saturated carbocycles. The van der Waals surface area contributed by atoms with Crippen molar-refractivity contribution in [3.8, 4) is 0 Å². The molecule has 1 aliphatic heterocycles. The van der Waals surface area contributed by atoms with Crippen LogP contribution in [0.4, 0.5) is 4.79 Å². The molecule has 0 aromatic heterocycles. The van der Waals surface area contributed by atoms with E-state index in [1.54, 1.807) is 0 Å². The van der Waals surface area contributed by atoms with Gasteiger partial charge in [-0.05, 0) is 25.7 Å². The van der Waals surface area contributed by atoms with Crippen LogP contribution in [0.15, 0.2) is 0 Å². The highest BCUT2D eigenvalue weighted by molar-refractivity contribution is 5.80. The first kappa shape index (κ1) is 12.2. The van der Waals surface area contributed by atoms with Crippen LogP contribution in [0.3, 0.4) is 0 Å². The lowest BCUT2D eigenvalue weighted by molar-refractivity contribution is -0.143. The summed E-state index contributed by atoms with van der Waals surface area (Å²) in [6, 6.07) is -0.292. The first-order valence-corrected chi connectivity index (χ1v) is 6.15. The number of carbonyl (C=O) groups is 2. The summed E-state index contributed by atoms with van der Waals surface area (Å²) < 4.78 is 0. The van der Waals surface area contributed by atoms with E-state index in [1.165, 1.54) is 6.42 Å². The summed E-state index contributed by atoms with van der Waals surface area (Å²) in [5.41, 5.74) is 2.05. The number of carboxylic acids is 1. The Morgan fingerprint density at radius 3 is 2.35 bits per heavy atom. The number of carboxylic acid groups (broad SMARTS) is 1. The summed E-state index contributed by atoms with van der Waals surface area (Å²) in [6.07, 6.45) is 4.72. The van der Waals surface area contributed by atoms with Gasteiger partial charge in [0.05, 0.1) is 5.41 Å². The fourth-order valence-corrected chi connectivity index (χ4v) is 2.06. The Hall–Kier alpha value is -1.30. The van der Waals surface area contributed by atoms with Gasteiger partial charge in [-0.3, -0.25) is 10.2 Å². The van der Waals surface area contributed by atoms with E-state index in [9.17, 15) is 9.59 Å². The monoisotopic (exact) mass is 241 g/mol. The van der Waals surface area contributed by atoms with Gasteiger partial charge in [0.15, 0.2) is 0 Å². The Kier molecular flexibility index (Phi) is 3.51. The number of carbonyl (C=O) groups excluding carboxylic acids is 1. The second-order valence-electron chi connectivity index (χ2n) is 4.93. The van der Waals surface area contributed by atoms with Crippen molar-refractivity contribution in [2.45, 2.75) is 32.1 Å². The number of hydrogen-bond acceptors (Lipinski definition) is 3. The van der Waals surface area contributed by atoms with E-state index >= 15 is 0 Å². The SMILES string of the molecule is O=C(NCC1(C(=O)O)CC1)NN1CCCCC1. The Labute approximate surface area is 100 Å². The van der Waals surface area contributed by atoms with E-state index < -0.39 is 11.4 Å². The number of hydrazine groups is 1. The zero-order valence-corrected chi connectivity index (χ0v) is 9.87. The van der Waals surface area contributed by atoms with E-state index in [0.29, 0.717) is 12.8 Å². The van der Waals surface area contributed by atoms with Crippen molar-refractivity contribution < 1.29 is 14.7 Å². The number of hydrogen-bond donors (Lipinski definition) is 3. The summed E-state index contributed by atoms with van der Waals surface area (Å²) in [5.74, 6) is -0.809. The predicted octanol–water partition coefficient (Wildman–Crippen LogP) is 0.551. The smallest absolute Gasteiger partial charge is 0.329 e. The highest BCUT2D eigenvalue weighted by atomic mass is 16.4. The molecule has 0 radical (unpaired) electrons. The van der Waals surface area contributed by atoms with Gasteiger partial charge in [0, 0.05) is 19.6 Å². The minimum absolute atomic E-state index is 0.224. The zero-order valence-electron chi connectivity index (χ0n) is 9.87. The summed E-state index contributed by atoms with van der Waals surface area (Å²) in [7, 11) is 0. The van der Waals surface area contributed by atoms with Crippen molar-refractivity contribution in [1.82, 2.24) is 15.8 Å². The molecule has 0 unspecified atom stereocenters. The van der Waals surface area contributed by atoms with Crippen LogP contribution in [0.1, 0.15) is 32.1 Å². The topological polar surface area (TPSA) is 81.7 Å². The number of nitrogens with zero attached hydrogens (tertiary/aromatic N) is 1. The Bertz CT molecular complexity index is 309. The maximum Gasteiger partial charge on any atom is 0.329 e. The average Bonchev–Trinajstić information content (AvgIpc) is 3.09. The van der Waals surface area contributed by atoms with Crippen LogP contribution in [-0.2, 0) is 4.79 Å². The van der Waals surface area contributed by atoms with Crippen molar-refractivity contribution in [3.63, 3.8) is 0 Å². The first-order chi connectivity index (χ1) is 8.12. The Morgan fingerprint density at radius 2 is 1.82 bits per heavy atom. The van der Waals surface area contributed by atoms with E-state index in [2.05, 4.69) is 10.7 Å². The van der Waals surface area contributed by atoms with Gasteiger partial charge >= 0.3 is 12.0 Å². The molecular weight excluding hydrogens is 222 g/mol. The van der Waals surface area contributed by atoms with Gasteiger partial charge in [-0.1, -0.05) is 6.42 Å². The van der Waals surface area contributed by atoms with Crippen LogP contribution >= 0.6 is 0 Å². The largest absolute Gasteiger partial charge is 0.481 e. The quantitative estimate of drug-likeness (QED) is 0.671. The molecular formula is C11H19N3O3. The molecule has 1 heterocycles. The zero-order chi connectivity index (χ0) is 12.3. The van der Waals surface area contributed by atoms with Crippen molar-refractivity contribution in [3.05, 3.63) is 0 Å². The fraction of sp³-hybridized carbons (Fsp3) is 0.818. The van der Waals surface area contributed by atoms with Crippen molar-refractivity contribution in [2.24, 2.45) is 5.41 Å². The van der Waals surface area contributed by atoms with Crippen molar-refractivity contribution in [1.29, 1.82) is 0 Å². The maximum absolute atomic E-state index is 11.6. The summed E-state index contributed by atoms with van der Waals surface area (Å²) >= 11 is 0. The second kappa shape index (κ2) is 4.91. The van der Waals surface area contributed by atoms with Crippen LogP contribution in [0, 0.1) is 5.41 Å². The van der Waals surface area contributed by atoms with Gasteiger partial charge in [-0.2, -0.15) is 0 Å². The van der Waals surface area contributed by atoms with Gasteiger partial charge in [0.2, 0.25) is 0 Å². The first-order valence-electron chi connectivity index (χ1n) is 6.15. The average molecular weight is 241 g/mol. The standard InChI is InChI=1S/C11H19N3O3/c15-9(16)11(4-5-11)8-12-10(17)13-14-6-2-1-3-7-14/h1-8H2,(H,15,16)(H2,12,13,17). The number of rotatable bonds is 4. The molecule has 0 bridgehead atoms. The van der Waals surface area contributed by atoms with Gasteiger partial charge in [0.25, 0.3) is 0 Å². The lowest BCUT2D eigenvalue weighted by Gasteiger charge is -2.27. The molecule has 3 N–H and O–H groups in total. The fourth-order valence-electron chi connectivity index (χ4n) is 2.06. The predicted molar refractivity (Wildman–Crippen MR) is 61.3 cm³/mol. The molecule has 96 valence electrons. The molecule has 2 fully saturated rings. The van der Waals surface area contributed by atoms with Crippen LogP contribution < -0.4 is 10.7 Å². The molecule has 0 spiro atoms. The third kappa shape index (κ3) is 3.09. The maximum atomic E-state index is 11.6. The minimum atomic E-state index is -0.809. The molecule has 2 aliphatic rings. The molecule has 2 rings (SSSR count). The molecule has 1 aliphatic carbocycles. The summed E-state index contributed by atoms with van der Waals surface area (Å²) in [4.78, 5) is 22.5. The lowest BCUT2D eigenvalue weighted by atomic mass is 10.1. The number of urea groups is 1. The highest BCUT2D eigenvalue weighted by Crippen LogP contribution is 2.45. The van der Waals surface area contributed by atoms with Crippen LogP contribution in [0.2, 0.25) is 0 Å². The lowest BCUT2D eigenvalue weighted by Crippen LogP contribution is -2.50. The van der Waals surface area contributed by atoms with E-state index in [-0.39, 0.29) is 12.6 Å². The Balaban J connectivity index is 1.69. The van der Waals surface area contributed by atoms with Gasteiger partial charge in [-0.25, -0.2) is 9.80 Å². The normalized spacial score (nSPS) is 22.8. The second-order valence-corrected chi connectivity index (χ2v) is 4.93. The molecule has 0 aromatic rings. The molecule has 6 heteroatoms.